The summed E-state index contributed by atoms with van der Waals surface area (Å²) < 4.78 is 10.1. The largest absolute Gasteiger partial charge is 0.465 e. The number of furan rings is 1. The van der Waals surface area contributed by atoms with E-state index >= 15 is 0 Å². The Balaban J connectivity index is 1.41. The van der Waals surface area contributed by atoms with E-state index in [4.69, 9.17) is 4.42 Å². The summed E-state index contributed by atoms with van der Waals surface area (Å²) in [5.74, 6) is 4.63. The van der Waals surface area contributed by atoms with Crippen LogP contribution in [0.1, 0.15) is 55.3 Å². The Morgan fingerprint density at radius 1 is 1.19 bits per heavy atom. The molecule has 144 valence electrons. The molecule has 1 aliphatic rings. The quantitative estimate of drug-likeness (QED) is 0.641. The minimum absolute atomic E-state index is 0.415. The monoisotopic (exact) mass is 368 g/mol. The van der Waals surface area contributed by atoms with Gasteiger partial charge < -0.3 is 13.6 Å². The minimum atomic E-state index is 0.415. The van der Waals surface area contributed by atoms with Crippen molar-refractivity contribution in [2.24, 2.45) is 7.05 Å². The Kier molecular flexibility index (Phi) is 5.38. The number of aromatic nitrogens is 5. The van der Waals surface area contributed by atoms with Crippen LogP contribution in [0.2, 0.25) is 0 Å². The SMILES string of the molecule is CCCc1ccc(CN2CCCC(c3nnc(Cn4ccnc4)n3C)C2)o1. The van der Waals surface area contributed by atoms with E-state index in [0.717, 1.165) is 62.1 Å². The second kappa shape index (κ2) is 8.08. The van der Waals surface area contributed by atoms with Crippen molar-refractivity contribution < 1.29 is 4.42 Å². The minimum Gasteiger partial charge on any atom is -0.465 e. The molecule has 0 bridgehead atoms. The molecule has 3 aromatic rings. The molecular weight excluding hydrogens is 340 g/mol. The maximum Gasteiger partial charge on any atom is 0.152 e. The standard InChI is InChI=1S/C20H28N6O/c1-3-5-17-7-8-18(27-17)13-25-10-4-6-16(12-25)20-23-22-19(24(20)2)14-26-11-9-21-15-26/h7-9,11,15-16H,3-6,10,12-14H2,1-2H3. The molecule has 0 N–H and O–H groups in total. The van der Waals surface area contributed by atoms with Crippen molar-refractivity contribution in [2.45, 2.75) is 51.6 Å². The molecule has 1 saturated heterocycles. The number of nitrogens with zero attached hydrogens (tertiary/aromatic N) is 6. The van der Waals surface area contributed by atoms with Crippen LogP contribution in [0.3, 0.4) is 0 Å². The van der Waals surface area contributed by atoms with Gasteiger partial charge in [-0.05, 0) is 37.9 Å². The molecule has 1 fully saturated rings. The van der Waals surface area contributed by atoms with Gasteiger partial charge in [0.1, 0.15) is 17.3 Å². The molecule has 0 aromatic carbocycles. The van der Waals surface area contributed by atoms with E-state index in [9.17, 15) is 0 Å². The van der Waals surface area contributed by atoms with Gasteiger partial charge in [-0.2, -0.15) is 0 Å². The van der Waals surface area contributed by atoms with Crippen molar-refractivity contribution in [1.29, 1.82) is 0 Å². The average Bonchev–Trinajstić information content (AvgIpc) is 3.40. The molecule has 1 unspecified atom stereocenters. The van der Waals surface area contributed by atoms with E-state index in [1.165, 1.54) is 6.42 Å². The van der Waals surface area contributed by atoms with Crippen molar-refractivity contribution in [3.8, 4) is 0 Å². The van der Waals surface area contributed by atoms with Gasteiger partial charge >= 0.3 is 0 Å². The molecule has 0 saturated carbocycles. The van der Waals surface area contributed by atoms with Crippen LogP contribution < -0.4 is 0 Å². The summed E-state index contributed by atoms with van der Waals surface area (Å²) in [4.78, 5) is 6.58. The molecule has 0 amide bonds. The molecule has 3 aromatic heterocycles. The van der Waals surface area contributed by atoms with Gasteiger partial charge in [0, 0.05) is 38.3 Å². The Bertz CT molecular complexity index is 850. The second-order valence-corrected chi connectivity index (χ2v) is 7.46. The fourth-order valence-corrected chi connectivity index (χ4v) is 3.93. The van der Waals surface area contributed by atoms with Gasteiger partial charge in [-0.1, -0.05) is 6.92 Å². The van der Waals surface area contributed by atoms with Gasteiger partial charge in [-0.15, -0.1) is 10.2 Å². The van der Waals surface area contributed by atoms with Gasteiger partial charge in [0.05, 0.1) is 19.4 Å². The van der Waals surface area contributed by atoms with E-state index in [1.807, 2.05) is 17.1 Å². The molecule has 7 heteroatoms. The summed E-state index contributed by atoms with van der Waals surface area (Å²) >= 11 is 0. The molecule has 0 aliphatic carbocycles. The number of likely N-dealkylation sites (tertiary alicyclic amines) is 1. The number of hydrogen-bond acceptors (Lipinski definition) is 5. The van der Waals surface area contributed by atoms with Crippen molar-refractivity contribution in [1.82, 2.24) is 29.2 Å². The maximum atomic E-state index is 5.97. The zero-order chi connectivity index (χ0) is 18.6. The smallest absolute Gasteiger partial charge is 0.152 e. The van der Waals surface area contributed by atoms with Gasteiger partial charge in [0.15, 0.2) is 5.82 Å². The van der Waals surface area contributed by atoms with Crippen LogP contribution in [0, 0.1) is 0 Å². The molecule has 7 nitrogen and oxygen atoms in total. The summed E-state index contributed by atoms with van der Waals surface area (Å²) in [7, 11) is 2.07. The average molecular weight is 368 g/mol. The number of hydrogen-bond donors (Lipinski definition) is 0. The summed E-state index contributed by atoms with van der Waals surface area (Å²) in [5.41, 5.74) is 0. The lowest BCUT2D eigenvalue weighted by Gasteiger charge is -2.31. The third kappa shape index (κ3) is 4.13. The first kappa shape index (κ1) is 18.0. The first-order chi connectivity index (χ1) is 13.2. The Morgan fingerprint density at radius 3 is 2.89 bits per heavy atom. The van der Waals surface area contributed by atoms with Gasteiger partial charge in [-0.25, -0.2) is 4.98 Å². The fourth-order valence-electron chi connectivity index (χ4n) is 3.93. The van der Waals surface area contributed by atoms with Gasteiger partial charge in [0.2, 0.25) is 0 Å². The molecule has 4 heterocycles. The molecule has 4 rings (SSSR count). The van der Waals surface area contributed by atoms with Crippen LogP contribution >= 0.6 is 0 Å². The summed E-state index contributed by atoms with van der Waals surface area (Å²) in [5, 5.41) is 8.94. The lowest BCUT2D eigenvalue weighted by atomic mass is 9.97. The number of piperidine rings is 1. The molecule has 1 atom stereocenters. The normalized spacial score (nSPS) is 18.2. The molecule has 27 heavy (non-hydrogen) atoms. The van der Waals surface area contributed by atoms with Crippen molar-refractivity contribution in [3.05, 3.63) is 54.0 Å². The first-order valence-corrected chi connectivity index (χ1v) is 9.86. The van der Waals surface area contributed by atoms with Gasteiger partial charge in [0.25, 0.3) is 0 Å². The van der Waals surface area contributed by atoms with Crippen LogP contribution in [-0.4, -0.2) is 42.3 Å². The van der Waals surface area contributed by atoms with E-state index in [-0.39, 0.29) is 0 Å². The van der Waals surface area contributed by atoms with Crippen LogP contribution in [0.5, 0.6) is 0 Å². The summed E-state index contributed by atoms with van der Waals surface area (Å²) in [6.07, 6.45) is 10.0. The van der Waals surface area contributed by atoms with Crippen LogP contribution in [0.15, 0.2) is 35.3 Å². The van der Waals surface area contributed by atoms with Crippen molar-refractivity contribution >= 4 is 0 Å². The van der Waals surface area contributed by atoms with E-state index < -0.39 is 0 Å². The highest BCUT2D eigenvalue weighted by Crippen LogP contribution is 2.27. The molecule has 0 radical (unpaired) electrons. The van der Waals surface area contributed by atoms with E-state index in [1.54, 1.807) is 6.20 Å². The van der Waals surface area contributed by atoms with E-state index in [2.05, 4.69) is 50.8 Å². The molecular formula is C20H28N6O. The predicted molar refractivity (Wildman–Crippen MR) is 102 cm³/mol. The fraction of sp³-hybridized carbons (Fsp3) is 0.550. The highest BCUT2D eigenvalue weighted by Gasteiger charge is 2.26. The van der Waals surface area contributed by atoms with Crippen molar-refractivity contribution in [3.63, 3.8) is 0 Å². The zero-order valence-electron chi connectivity index (χ0n) is 16.2. The maximum absolute atomic E-state index is 5.97. The summed E-state index contributed by atoms with van der Waals surface area (Å²) in [6, 6.07) is 4.24. The highest BCUT2D eigenvalue weighted by atomic mass is 16.3. The lowest BCUT2D eigenvalue weighted by Crippen LogP contribution is -2.34. The van der Waals surface area contributed by atoms with E-state index in [0.29, 0.717) is 12.5 Å². The predicted octanol–water partition coefficient (Wildman–Crippen LogP) is 2.99. The Labute approximate surface area is 160 Å². The Hall–Kier alpha value is -2.41. The number of aryl methyl sites for hydroxylation is 1. The topological polar surface area (TPSA) is 64.9 Å². The third-order valence-electron chi connectivity index (χ3n) is 5.35. The van der Waals surface area contributed by atoms with Gasteiger partial charge in [-0.3, -0.25) is 4.90 Å². The Morgan fingerprint density at radius 2 is 2.07 bits per heavy atom. The van der Waals surface area contributed by atoms with Crippen LogP contribution in [-0.2, 0) is 26.6 Å². The van der Waals surface area contributed by atoms with Crippen molar-refractivity contribution in [2.75, 3.05) is 13.1 Å². The zero-order valence-corrected chi connectivity index (χ0v) is 16.2. The third-order valence-corrected chi connectivity index (χ3v) is 5.35. The second-order valence-electron chi connectivity index (χ2n) is 7.46. The van der Waals surface area contributed by atoms with Crippen LogP contribution in [0.4, 0.5) is 0 Å². The lowest BCUT2D eigenvalue weighted by molar-refractivity contribution is 0.181. The number of rotatable bonds is 7. The van der Waals surface area contributed by atoms with Crippen LogP contribution in [0.25, 0.3) is 0 Å². The highest BCUT2D eigenvalue weighted by molar-refractivity contribution is 5.09. The summed E-state index contributed by atoms with van der Waals surface area (Å²) in [6.45, 7) is 5.87. The number of imidazole rings is 1. The molecule has 1 aliphatic heterocycles. The molecule has 0 spiro atoms. The first-order valence-electron chi connectivity index (χ1n) is 9.86.